The van der Waals surface area contributed by atoms with Crippen molar-refractivity contribution in [2.24, 2.45) is 11.3 Å². The summed E-state index contributed by atoms with van der Waals surface area (Å²) in [5.74, 6) is -1.39. The van der Waals surface area contributed by atoms with Gasteiger partial charge in [-0.3, -0.25) is 4.79 Å². The molecule has 0 radical (unpaired) electrons. The number of benzene rings is 2. The lowest BCUT2D eigenvalue weighted by molar-refractivity contribution is -0.145. The van der Waals surface area contributed by atoms with Crippen LogP contribution in [-0.4, -0.2) is 54.0 Å². The van der Waals surface area contributed by atoms with E-state index in [1.165, 1.54) is 0 Å². The summed E-state index contributed by atoms with van der Waals surface area (Å²) in [6.07, 6.45) is 1.99. The molecule has 1 fully saturated rings. The predicted octanol–water partition coefficient (Wildman–Crippen LogP) is 3.28. The van der Waals surface area contributed by atoms with Crippen molar-refractivity contribution in [2.45, 2.75) is 44.6 Å². The summed E-state index contributed by atoms with van der Waals surface area (Å²) >= 11 is 0. The molecule has 2 amide bonds. The Bertz CT molecular complexity index is 1050. The molecular formula is C27H32N2O6. The van der Waals surface area contributed by atoms with E-state index < -0.39 is 36.0 Å². The summed E-state index contributed by atoms with van der Waals surface area (Å²) in [6, 6.07) is 14.8. The first kappa shape index (κ1) is 24.7. The minimum absolute atomic E-state index is 0.0417. The second kappa shape index (κ2) is 10.5. The van der Waals surface area contributed by atoms with Gasteiger partial charge in [-0.25, -0.2) is 9.59 Å². The molecule has 2 aromatic carbocycles. The summed E-state index contributed by atoms with van der Waals surface area (Å²) < 4.78 is 5.60. The van der Waals surface area contributed by atoms with Crippen molar-refractivity contribution in [3.63, 3.8) is 0 Å². The highest BCUT2D eigenvalue weighted by molar-refractivity contribution is 5.88. The molecule has 186 valence electrons. The van der Waals surface area contributed by atoms with Gasteiger partial charge in [0.05, 0.1) is 12.0 Å². The minimum atomic E-state index is -1.38. The fourth-order valence-corrected chi connectivity index (χ4v) is 5.19. The number of fused-ring (bicyclic) bond motifs is 3. The molecule has 0 saturated heterocycles. The number of amides is 2. The molecule has 1 saturated carbocycles. The Hall–Kier alpha value is -3.39. The Morgan fingerprint density at radius 2 is 1.60 bits per heavy atom. The van der Waals surface area contributed by atoms with Crippen LogP contribution < -0.4 is 10.6 Å². The molecule has 0 aliphatic heterocycles. The van der Waals surface area contributed by atoms with Crippen LogP contribution in [0.5, 0.6) is 0 Å². The van der Waals surface area contributed by atoms with Crippen LogP contribution in [0.1, 0.15) is 49.7 Å². The summed E-state index contributed by atoms with van der Waals surface area (Å²) in [4.78, 5) is 37.1. The van der Waals surface area contributed by atoms with Crippen molar-refractivity contribution in [3.8, 4) is 11.1 Å². The summed E-state index contributed by atoms with van der Waals surface area (Å²) in [7, 11) is 0. The standard InChI is InChI=1S/C27H32N2O6/c1-17-10-12-27(13-11-17,25(33)29-23(14-30)24(31)32)16-28-26(34)35-15-22-20-8-4-2-6-18(20)19-7-3-5-9-21(19)22/h2-9,17,22-23,30H,10-16H2,1H3,(H,28,34)(H,29,33)(H,31,32)/t17?,23-,27?/m1/s1. The number of rotatable bonds is 8. The molecule has 4 N–H and O–H groups in total. The lowest BCUT2D eigenvalue weighted by Crippen LogP contribution is -2.54. The Morgan fingerprint density at radius 3 is 2.14 bits per heavy atom. The van der Waals surface area contributed by atoms with Crippen molar-refractivity contribution in [2.75, 3.05) is 19.8 Å². The van der Waals surface area contributed by atoms with Crippen LogP contribution >= 0.6 is 0 Å². The molecule has 35 heavy (non-hydrogen) atoms. The molecule has 2 aliphatic carbocycles. The second-order valence-electron chi connectivity index (χ2n) is 9.69. The quantitative estimate of drug-likeness (QED) is 0.460. The van der Waals surface area contributed by atoms with Crippen molar-refractivity contribution in [3.05, 3.63) is 59.7 Å². The van der Waals surface area contributed by atoms with Crippen LogP contribution in [-0.2, 0) is 14.3 Å². The van der Waals surface area contributed by atoms with Crippen molar-refractivity contribution in [1.29, 1.82) is 0 Å². The number of carboxylic acid groups (broad SMARTS) is 1. The number of ether oxygens (including phenoxy) is 1. The van der Waals surface area contributed by atoms with Crippen LogP contribution in [0, 0.1) is 11.3 Å². The van der Waals surface area contributed by atoms with E-state index in [4.69, 9.17) is 4.74 Å². The molecule has 0 aromatic heterocycles. The van der Waals surface area contributed by atoms with E-state index in [9.17, 15) is 24.6 Å². The van der Waals surface area contributed by atoms with Gasteiger partial charge in [0.15, 0.2) is 0 Å². The molecule has 0 bridgehead atoms. The number of hydrogen-bond acceptors (Lipinski definition) is 5. The fourth-order valence-electron chi connectivity index (χ4n) is 5.19. The molecule has 1 atom stereocenters. The van der Waals surface area contributed by atoms with Gasteiger partial charge >= 0.3 is 12.1 Å². The van der Waals surface area contributed by atoms with Gasteiger partial charge in [0.2, 0.25) is 5.91 Å². The van der Waals surface area contributed by atoms with Gasteiger partial charge in [0.25, 0.3) is 0 Å². The topological polar surface area (TPSA) is 125 Å². The third-order valence-electron chi connectivity index (χ3n) is 7.41. The van der Waals surface area contributed by atoms with E-state index in [-0.39, 0.29) is 19.1 Å². The highest BCUT2D eigenvalue weighted by Crippen LogP contribution is 2.44. The van der Waals surface area contributed by atoms with Crippen LogP contribution in [0.2, 0.25) is 0 Å². The number of carbonyl (C=O) groups excluding carboxylic acids is 2. The Labute approximate surface area is 204 Å². The second-order valence-corrected chi connectivity index (χ2v) is 9.69. The van der Waals surface area contributed by atoms with Gasteiger partial charge in [0.1, 0.15) is 12.6 Å². The molecule has 2 aromatic rings. The Morgan fingerprint density at radius 1 is 1.03 bits per heavy atom. The predicted molar refractivity (Wildman–Crippen MR) is 130 cm³/mol. The number of carbonyl (C=O) groups is 3. The Kier molecular flexibility index (Phi) is 7.40. The minimum Gasteiger partial charge on any atom is -0.480 e. The molecule has 4 rings (SSSR count). The lowest BCUT2D eigenvalue weighted by Gasteiger charge is -2.38. The van der Waals surface area contributed by atoms with Crippen LogP contribution in [0.4, 0.5) is 4.79 Å². The molecule has 2 aliphatic rings. The molecular weight excluding hydrogens is 448 g/mol. The zero-order valence-corrected chi connectivity index (χ0v) is 19.8. The van der Waals surface area contributed by atoms with Gasteiger partial charge in [-0.05, 0) is 53.9 Å². The SMILES string of the molecule is CC1CCC(CNC(=O)OCC2c3ccccc3-c3ccccc32)(C(=O)N[C@H](CO)C(=O)O)CC1. The third-order valence-corrected chi connectivity index (χ3v) is 7.41. The number of nitrogens with one attached hydrogen (secondary N) is 2. The normalized spacial score (nSPS) is 21.9. The molecule has 8 nitrogen and oxygen atoms in total. The zero-order valence-electron chi connectivity index (χ0n) is 19.8. The number of aliphatic hydroxyl groups is 1. The number of aliphatic hydroxyl groups excluding tert-OH is 1. The maximum absolute atomic E-state index is 13.1. The average Bonchev–Trinajstić information content (AvgIpc) is 3.19. The van der Waals surface area contributed by atoms with Gasteiger partial charge in [-0.15, -0.1) is 0 Å². The smallest absolute Gasteiger partial charge is 0.407 e. The van der Waals surface area contributed by atoms with Crippen molar-refractivity contribution >= 4 is 18.0 Å². The van der Waals surface area contributed by atoms with Gasteiger partial charge in [-0.1, -0.05) is 55.5 Å². The first-order valence-corrected chi connectivity index (χ1v) is 12.1. The fraction of sp³-hybridized carbons (Fsp3) is 0.444. The van der Waals surface area contributed by atoms with E-state index in [2.05, 4.69) is 29.7 Å². The molecule has 0 heterocycles. The Balaban J connectivity index is 1.41. The van der Waals surface area contributed by atoms with Crippen LogP contribution in [0.25, 0.3) is 11.1 Å². The third kappa shape index (κ3) is 5.17. The number of aliphatic carboxylic acids is 1. The van der Waals surface area contributed by atoms with Crippen LogP contribution in [0.3, 0.4) is 0 Å². The molecule has 8 heteroatoms. The van der Waals surface area contributed by atoms with Gasteiger partial charge in [0, 0.05) is 12.5 Å². The summed E-state index contributed by atoms with van der Waals surface area (Å²) in [5.41, 5.74) is 3.56. The monoisotopic (exact) mass is 480 g/mol. The van der Waals surface area contributed by atoms with Gasteiger partial charge in [-0.2, -0.15) is 0 Å². The van der Waals surface area contributed by atoms with Crippen molar-refractivity contribution < 1.29 is 29.3 Å². The summed E-state index contributed by atoms with van der Waals surface area (Å²) in [5, 5.41) is 23.7. The first-order valence-electron chi connectivity index (χ1n) is 12.1. The van der Waals surface area contributed by atoms with E-state index in [1.807, 2.05) is 36.4 Å². The molecule has 0 unspecified atom stereocenters. The maximum atomic E-state index is 13.1. The zero-order chi connectivity index (χ0) is 25.0. The van der Waals surface area contributed by atoms with E-state index >= 15 is 0 Å². The van der Waals surface area contributed by atoms with E-state index in [1.54, 1.807) is 0 Å². The highest BCUT2D eigenvalue weighted by atomic mass is 16.5. The summed E-state index contributed by atoms with van der Waals surface area (Å²) in [6.45, 7) is 1.61. The lowest BCUT2D eigenvalue weighted by atomic mass is 9.70. The van der Waals surface area contributed by atoms with E-state index in [0.717, 1.165) is 35.1 Å². The first-order chi connectivity index (χ1) is 16.8. The number of alkyl carbamates (subject to hydrolysis) is 1. The van der Waals surface area contributed by atoms with Crippen molar-refractivity contribution in [1.82, 2.24) is 10.6 Å². The highest BCUT2D eigenvalue weighted by Gasteiger charge is 2.42. The van der Waals surface area contributed by atoms with Gasteiger partial charge < -0.3 is 25.6 Å². The largest absolute Gasteiger partial charge is 0.480 e. The van der Waals surface area contributed by atoms with Crippen LogP contribution in [0.15, 0.2) is 48.5 Å². The number of carboxylic acids is 1. The maximum Gasteiger partial charge on any atom is 0.407 e. The van der Waals surface area contributed by atoms with E-state index in [0.29, 0.717) is 18.8 Å². The number of hydrogen-bond donors (Lipinski definition) is 4. The average molecular weight is 481 g/mol. The molecule has 0 spiro atoms.